The Hall–Kier alpha value is -0.830. The first-order valence-corrected chi connectivity index (χ1v) is 3.49. The van der Waals surface area contributed by atoms with Crippen molar-refractivity contribution in [2.24, 2.45) is 12.8 Å². The molecule has 0 atom stereocenters. The molecule has 0 aliphatic heterocycles. The van der Waals surface area contributed by atoms with E-state index in [1.165, 1.54) is 5.56 Å². The standard InChI is InChI=1S/C7H13N3/c1-3-6-5-9-10(2)7(6)4-8/h5H,3-4,8H2,1-2H3. The van der Waals surface area contributed by atoms with E-state index in [-0.39, 0.29) is 0 Å². The molecule has 1 rings (SSSR count). The fraction of sp³-hybridized carbons (Fsp3) is 0.571. The van der Waals surface area contributed by atoms with E-state index in [1.807, 2.05) is 17.9 Å². The van der Waals surface area contributed by atoms with Gasteiger partial charge < -0.3 is 5.73 Å². The highest BCUT2D eigenvalue weighted by molar-refractivity contribution is 5.16. The van der Waals surface area contributed by atoms with Gasteiger partial charge in [0.2, 0.25) is 0 Å². The van der Waals surface area contributed by atoms with Crippen LogP contribution in [0.2, 0.25) is 0 Å². The van der Waals surface area contributed by atoms with Crippen molar-refractivity contribution < 1.29 is 0 Å². The van der Waals surface area contributed by atoms with Crippen LogP contribution in [-0.2, 0) is 20.0 Å². The summed E-state index contributed by atoms with van der Waals surface area (Å²) in [5.41, 5.74) is 7.91. The average Bonchev–Trinajstić information content (AvgIpc) is 2.30. The number of hydrogen-bond acceptors (Lipinski definition) is 2. The number of aryl methyl sites for hydroxylation is 2. The molecule has 56 valence electrons. The van der Waals surface area contributed by atoms with Crippen molar-refractivity contribution in [1.82, 2.24) is 9.78 Å². The third kappa shape index (κ3) is 1.04. The van der Waals surface area contributed by atoms with E-state index in [4.69, 9.17) is 5.73 Å². The highest BCUT2D eigenvalue weighted by Gasteiger charge is 2.02. The summed E-state index contributed by atoms with van der Waals surface area (Å²) in [6.07, 6.45) is 2.89. The van der Waals surface area contributed by atoms with Crippen molar-refractivity contribution in [2.75, 3.05) is 0 Å². The van der Waals surface area contributed by atoms with Gasteiger partial charge in [-0.1, -0.05) is 6.92 Å². The van der Waals surface area contributed by atoms with E-state index < -0.39 is 0 Å². The lowest BCUT2D eigenvalue weighted by atomic mass is 10.2. The second-order valence-corrected chi connectivity index (χ2v) is 2.30. The summed E-state index contributed by atoms with van der Waals surface area (Å²) in [5.74, 6) is 0. The minimum absolute atomic E-state index is 0.583. The van der Waals surface area contributed by atoms with Gasteiger partial charge >= 0.3 is 0 Å². The maximum atomic E-state index is 5.51. The van der Waals surface area contributed by atoms with E-state index >= 15 is 0 Å². The van der Waals surface area contributed by atoms with Gasteiger partial charge in [0.15, 0.2) is 0 Å². The molecular weight excluding hydrogens is 126 g/mol. The van der Waals surface area contributed by atoms with Crippen molar-refractivity contribution in [3.05, 3.63) is 17.5 Å². The Labute approximate surface area is 60.8 Å². The van der Waals surface area contributed by atoms with Crippen LogP contribution in [0.3, 0.4) is 0 Å². The molecule has 0 aliphatic carbocycles. The van der Waals surface area contributed by atoms with Gasteiger partial charge in [0.25, 0.3) is 0 Å². The van der Waals surface area contributed by atoms with E-state index in [2.05, 4.69) is 12.0 Å². The molecule has 0 saturated heterocycles. The summed E-state index contributed by atoms with van der Waals surface area (Å²) in [5, 5.41) is 4.09. The first-order valence-electron chi connectivity index (χ1n) is 3.49. The average molecular weight is 139 g/mol. The van der Waals surface area contributed by atoms with Gasteiger partial charge in [-0.3, -0.25) is 4.68 Å². The molecule has 0 amide bonds. The lowest BCUT2D eigenvalue weighted by Crippen LogP contribution is -2.06. The predicted molar refractivity (Wildman–Crippen MR) is 40.5 cm³/mol. The second kappa shape index (κ2) is 2.84. The van der Waals surface area contributed by atoms with Gasteiger partial charge in [0.1, 0.15) is 0 Å². The number of aromatic nitrogens is 2. The molecule has 2 N–H and O–H groups in total. The maximum Gasteiger partial charge on any atom is 0.0548 e. The Bertz CT molecular complexity index is 215. The van der Waals surface area contributed by atoms with Gasteiger partial charge in [-0.25, -0.2) is 0 Å². The quantitative estimate of drug-likeness (QED) is 0.646. The smallest absolute Gasteiger partial charge is 0.0548 e. The van der Waals surface area contributed by atoms with E-state index in [1.54, 1.807) is 0 Å². The van der Waals surface area contributed by atoms with Crippen molar-refractivity contribution in [2.45, 2.75) is 19.9 Å². The molecule has 0 spiro atoms. The first-order chi connectivity index (χ1) is 4.79. The monoisotopic (exact) mass is 139 g/mol. The van der Waals surface area contributed by atoms with Crippen LogP contribution in [0.15, 0.2) is 6.20 Å². The molecule has 0 radical (unpaired) electrons. The largest absolute Gasteiger partial charge is 0.325 e. The Balaban J connectivity index is 3.01. The van der Waals surface area contributed by atoms with Gasteiger partial charge in [0, 0.05) is 13.6 Å². The maximum absolute atomic E-state index is 5.51. The molecule has 0 unspecified atom stereocenters. The van der Waals surface area contributed by atoms with Gasteiger partial charge in [-0.15, -0.1) is 0 Å². The minimum atomic E-state index is 0.583. The van der Waals surface area contributed by atoms with E-state index in [0.717, 1.165) is 12.1 Å². The molecule has 0 aliphatic rings. The molecular formula is C7H13N3. The third-order valence-corrected chi connectivity index (χ3v) is 1.72. The Morgan fingerprint density at radius 1 is 1.70 bits per heavy atom. The zero-order valence-electron chi connectivity index (χ0n) is 6.46. The zero-order chi connectivity index (χ0) is 7.56. The van der Waals surface area contributed by atoms with Crippen molar-refractivity contribution in [3.63, 3.8) is 0 Å². The molecule has 1 aromatic heterocycles. The lowest BCUT2D eigenvalue weighted by molar-refractivity contribution is 0.708. The minimum Gasteiger partial charge on any atom is -0.325 e. The Morgan fingerprint density at radius 3 is 2.80 bits per heavy atom. The molecule has 1 heterocycles. The van der Waals surface area contributed by atoms with E-state index in [9.17, 15) is 0 Å². The summed E-state index contributed by atoms with van der Waals surface area (Å²) < 4.78 is 1.83. The molecule has 1 aromatic rings. The van der Waals surface area contributed by atoms with Gasteiger partial charge in [-0.2, -0.15) is 5.10 Å². The summed E-state index contributed by atoms with van der Waals surface area (Å²) in [6.45, 7) is 2.69. The third-order valence-electron chi connectivity index (χ3n) is 1.72. The molecule has 0 bridgehead atoms. The van der Waals surface area contributed by atoms with Gasteiger partial charge in [0.05, 0.1) is 11.9 Å². The summed E-state index contributed by atoms with van der Waals surface area (Å²) in [7, 11) is 1.92. The number of hydrogen-bond donors (Lipinski definition) is 1. The highest BCUT2D eigenvalue weighted by atomic mass is 15.3. The first kappa shape index (κ1) is 7.28. The number of rotatable bonds is 2. The molecule has 10 heavy (non-hydrogen) atoms. The fourth-order valence-electron chi connectivity index (χ4n) is 1.07. The van der Waals surface area contributed by atoms with Crippen LogP contribution in [0.25, 0.3) is 0 Å². The number of nitrogens with zero attached hydrogens (tertiary/aromatic N) is 2. The summed E-state index contributed by atoms with van der Waals surface area (Å²) in [4.78, 5) is 0. The van der Waals surface area contributed by atoms with Crippen molar-refractivity contribution in [1.29, 1.82) is 0 Å². The topological polar surface area (TPSA) is 43.8 Å². The molecule has 0 fully saturated rings. The van der Waals surface area contributed by atoms with Gasteiger partial charge in [-0.05, 0) is 12.0 Å². The van der Waals surface area contributed by atoms with Crippen LogP contribution in [-0.4, -0.2) is 9.78 Å². The number of nitrogens with two attached hydrogens (primary N) is 1. The zero-order valence-corrected chi connectivity index (χ0v) is 6.46. The highest BCUT2D eigenvalue weighted by Crippen LogP contribution is 2.05. The summed E-state index contributed by atoms with van der Waals surface area (Å²) in [6, 6.07) is 0. The second-order valence-electron chi connectivity index (χ2n) is 2.30. The van der Waals surface area contributed by atoms with Crippen LogP contribution in [0.5, 0.6) is 0 Å². The lowest BCUT2D eigenvalue weighted by Gasteiger charge is -1.98. The summed E-state index contributed by atoms with van der Waals surface area (Å²) >= 11 is 0. The molecule has 3 nitrogen and oxygen atoms in total. The molecule has 0 aromatic carbocycles. The van der Waals surface area contributed by atoms with Crippen LogP contribution in [0.1, 0.15) is 18.2 Å². The fourth-order valence-corrected chi connectivity index (χ4v) is 1.07. The Morgan fingerprint density at radius 2 is 2.40 bits per heavy atom. The van der Waals surface area contributed by atoms with E-state index in [0.29, 0.717) is 6.54 Å². The predicted octanol–water partition coefficient (Wildman–Crippen LogP) is 0.441. The normalized spacial score (nSPS) is 10.3. The van der Waals surface area contributed by atoms with Crippen molar-refractivity contribution in [3.8, 4) is 0 Å². The Kier molecular flexibility index (Phi) is 2.06. The van der Waals surface area contributed by atoms with Crippen LogP contribution in [0.4, 0.5) is 0 Å². The van der Waals surface area contributed by atoms with Crippen LogP contribution >= 0.6 is 0 Å². The van der Waals surface area contributed by atoms with Crippen LogP contribution in [0, 0.1) is 0 Å². The molecule has 0 saturated carbocycles. The molecule has 3 heteroatoms. The van der Waals surface area contributed by atoms with Crippen LogP contribution < -0.4 is 5.73 Å². The van der Waals surface area contributed by atoms with Crippen molar-refractivity contribution >= 4 is 0 Å². The SMILES string of the molecule is CCc1cnn(C)c1CN.